The number of hydrogen-bond acceptors (Lipinski definition) is 8. The Labute approximate surface area is 296 Å². The van der Waals surface area contributed by atoms with Gasteiger partial charge in [-0.3, -0.25) is 19.5 Å². The number of nitrogens with zero attached hydrogens (tertiary/aromatic N) is 7. The minimum absolute atomic E-state index is 0. The summed E-state index contributed by atoms with van der Waals surface area (Å²) in [5.74, 6) is -0.389. The van der Waals surface area contributed by atoms with Crippen molar-refractivity contribution < 1.29 is 22.7 Å². The number of halogens is 6. The molecule has 48 heavy (non-hydrogen) atoms. The van der Waals surface area contributed by atoms with Crippen LogP contribution in [0.2, 0.25) is 0 Å². The van der Waals surface area contributed by atoms with E-state index in [2.05, 4.69) is 78.8 Å². The van der Waals surface area contributed by atoms with E-state index < -0.39 is 12.0 Å². The molecule has 9 nitrogen and oxygen atoms in total. The zero-order valence-electron chi connectivity index (χ0n) is 26.5. The van der Waals surface area contributed by atoms with Crippen molar-refractivity contribution in [2.75, 3.05) is 46.4 Å². The second-order valence-corrected chi connectivity index (χ2v) is 11.8. The number of carbonyl (C=O) groups excluding carboxylic acids is 1. The normalized spacial score (nSPS) is 18.6. The number of carbonyl (C=O) groups is 1. The number of fused-ring (bicyclic) bond motifs is 1. The van der Waals surface area contributed by atoms with E-state index in [1.165, 1.54) is 17.2 Å². The molecule has 0 N–H and O–H groups in total. The first-order valence-electron chi connectivity index (χ1n) is 15.0. The second-order valence-electron chi connectivity index (χ2n) is 11.8. The van der Waals surface area contributed by atoms with Crippen LogP contribution in [0.5, 0.6) is 5.75 Å². The van der Waals surface area contributed by atoms with E-state index in [4.69, 9.17) is 4.74 Å². The lowest BCUT2D eigenvalue weighted by molar-refractivity contribution is -0.146. The predicted octanol–water partition coefficient (Wildman–Crippen LogP) is 5.55. The Balaban J connectivity index is 0.00000208. The SMILES string of the molecule is COc1ccc(-n2nnnc2C(F)(F)F)cc1CN1C[C@@H]2CN(CC(C)=O)CCN2[C@H](C(c2ccccc2)c2ccccc2)C1.Cl.Cl.Cl. The molecule has 0 spiro atoms. The van der Waals surface area contributed by atoms with Crippen molar-refractivity contribution in [3.8, 4) is 11.4 Å². The van der Waals surface area contributed by atoms with E-state index in [0.29, 0.717) is 23.5 Å². The maximum atomic E-state index is 13.6. The highest BCUT2D eigenvalue weighted by Gasteiger charge is 2.43. The van der Waals surface area contributed by atoms with Gasteiger partial charge in [-0.1, -0.05) is 60.7 Å². The van der Waals surface area contributed by atoms with Gasteiger partial charge in [-0.2, -0.15) is 17.9 Å². The fourth-order valence-electron chi connectivity index (χ4n) is 6.92. The van der Waals surface area contributed by atoms with Crippen molar-refractivity contribution >= 4 is 43.0 Å². The Morgan fingerprint density at radius 1 is 0.896 bits per heavy atom. The highest BCUT2D eigenvalue weighted by Crippen LogP contribution is 2.37. The van der Waals surface area contributed by atoms with Crippen LogP contribution in [0.3, 0.4) is 0 Å². The van der Waals surface area contributed by atoms with Gasteiger partial charge in [0.25, 0.3) is 5.82 Å². The zero-order chi connectivity index (χ0) is 31.6. The molecule has 3 aromatic carbocycles. The Morgan fingerprint density at radius 2 is 1.52 bits per heavy atom. The molecule has 2 saturated heterocycles. The number of ketones is 1. The van der Waals surface area contributed by atoms with Crippen LogP contribution in [-0.4, -0.2) is 99.2 Å². The van der Waals surface area contributed by atoms with Gasteiger partial charge < -0.3 is 4.74 Å². The molecule has 6 rings (SSSR count). The van der Waals surface area contributed by atoms with E-state index in [9.17, 15) is 18.0 Å². The smallest absolute Gasteiger partial charge is 0.453 e. The van der Waals surface area contributed by atoms with Crippen LogP contribution in [0.1, 0.15) is 35.4 Å². The lowest BCUT2D eigenvalue weighted by Gasteiger charge is -2.53. The topological polar surface area (TPSA) is 79.6 Å². The number of Topliss-reactive ketones (excluding diaryl/α,β-unsaturated/α-hetero) is 1. The highest BCUT2D eigenvalue weighted by molar-refractivity contribution is 5.86. The molecular formula is C33H39Cl3F3N7O2. The Bertz CT molecular complexity index is 1580. The minimum Gasteiger partial charge on any atom is -0.496 e. The number of rotatable bonds is 9. The predicted molar refractivity (Wildman–Crippen MR) is 184 cm³/mol. The van der Waals surface area contributed by atoms with Crippen LogP contribution in [0.4, 0.5) is 13.2 Å². The number of benzene rings is 3. The number of ether oxygens (including phenoxy) is 1. The minimum atomic E-state index is -4.70. The van der Waals surface area contributed by atoms with E-state index in [-0.39, 0.29) is 66.7 Å². The Kier molecular flexibility index (Phi) is 13.8. The van der Waals surface area contributed by atoms with Crippen molar-refractivity contribution in [1.82, 2.24) is 34.9 Å². The molecule has 2 fully saturated rings. The molecule has 0 amide bonds. The van der Waals surface area contributed by atoms with Gasteiger partial charge in [-0.05, 0) is 46.7 Å². The van der Waals surface area contributed by atoms with Crippen LogP contribution >= 0.6 is 37.2 Å². The number of methoxy groups -OCH3 is 1. The molecular weight excluding hydrogens is 690 g/mol. The first kappa shape index (κ1) is 39.2. The maximum Gasteiger partial charge on any atom is 0.453 e. The quantitative estimate of drug-likeness (QED) is 0.222. The summed E-state index contributed by atoms with van der Waals surface area (Å²) < 4.78 is 47.3. The zero-order valence-corrected chi connectivity index (χ0v) is 28.9. The summed E-state index contributed by atoms with van der Waals surface area (Å²) in [5, 5.41) is 10.1. The molecule has 0 radical (unpaired) electrons. The molecule has 1 aromatic heterocycles. The third kappa shape index (κ3) is 8.66. The standard InChI is InChI=1S/C33H36F3N7O2.3ClH/c1-23(44)18-40-15-16-42-28(20-40)21-41(22-29(42)31(24-9-5-3-6-10-24)25-11-7-4-8-12-25)19-26-17-27(13-14-30(26)45-2)43-32(33(34,35)36)37-38-39-43;;;/h3-14,17,28-29,31H,15-16,18-22H2,1-2H3;3*1H/t28-,29-;;;/m0.../s1. The summed E-state index contributed by atoms with van der Waals surface area (Å²) in [6, 6.07) is 26.1. The lowest BCUT2D eigenvalue weighted by Crippen LogP contribution is -2.67. The third-order valence-electron chi connectivity index (χ3n) is 8.73. The van der Waals surface area contributed by atoms with Crippen LogP contribution in [-0.2, 0) is 17.5 Å². The van der Waals surface area contributed by atoms with E-state index in [1.54, 1.807) is 26.2 Å². The third-order valence-corrected chi connectivity index (χ3v) is 8.73. The van der Waals surface area contributed by atoms with Crippen molar-refractivity contribution in [3.63, 3.8) is 0 Å². The molecule has 0 unspecified atom stereocenters. The van der Waals surface area contributed by atoms with E-state index in [0.717, 1.165) is 38.3 Å². The molecule has 15 heteroatoms. The average Bonchev–Trinajstić information content (AvgIpc) is 3.53. The molecule has 2 aliphatic rings. The average molecular weight is 729 g/mol. The van der Waals surface area contributed by atoms with Gasteiger partial charge in [0.15, 0.2) is 0 Å². The van der Waals surface area contributed by atoms with Crippen molar-refractivity contribution in [1.29, 1.82) is 0 Å². The molecule has 2 atom stereocenters. The molecule has 0 bridgehead atoms. The van der Waals surface area contributed by atoms with Gasteiger partial charge in [0.1, 0.15) is 11.5 Å². The van der Waals surface area contributed by atoms with Crippen LogP contribution in [0.25, 0.3) is 5.69 Å². The molecule has 0 saturated carbocycles. The van der Waals surface area contributed by atoms with Gasteiger partial charge in [0.2, 0.25) is 0 Å². The van der Waals surface area contributed by atoms with Crippen molar-refractivity contribution in [2.45, 2.75) is 37.6 Å². The van der Waals surface area contributed by atoms with Crippen molar-refractivity contribution in [3.05, 3.63) is 101 Å². The first-order chi connectivity index (χ1) is 21.7. The summed E-state index contributed by atoms with van der Waals surface area (Å²) in [4.78, 5) is 19.2. The number of aromatic nitrogens is 4. The Hall–Kier alpha value is -3.26. The summed E-state index contributed by atoms with van der Waals surface area (Å²) in [6.07, 6.45) is -4.70. The summed E-state index contributed by atoms with van der Waals surface area (Å²) >= 11 is 0. The number of tetrazole rings is 1. The van der Waals surface area contributed by atoms with Gasteiger partial charge in [0, 0.05) is 62.8 Å². The molecule has 0 aliphatic carbocycles. The molecule has 2 aliphatic heterocycles. The molecule has 3 heterocycles. The van der Waals surface area contributed by atoms with Crippen LogP contribution in [0.15, 0.2) is 78.9 Å². The summed E-state index contributed by atoms with van der Waals surface area (Å²) in [6.45, 7) is 6.34. The van der Waals surface area contributed by atoms with Crippen LogP contribution < -0.4 is 4.74 Å². The number of hydrogen-bond donors (Lipinski definition) is 0. The van der Waals surface area contributed by atoms with Gasteiger partial charge in [0.05, 0.1) is 19.3 Å². The first-order valence-corrected chi connectivity index (χ1v) is 15.0. The van der Waals surface area contributed by atoms with E-state index in [1.807, 2.05) is 12.1 Å². The van der Waals surface area contributed by atoms with Gasteiger partial charge in [-0.25, -0.2) is 0 Å². The lowest BCUT2D eigenvalue weighted by atomic mass is 9.81. The monoisotopic (exact) mass is 727 g/mol. The van der Waals surface area contributed by atoms with Crippen molar-refractivity contribution in [2.24, 2.45) is 0 Å². The van der Waals surface area contributed by atoms with Gasteiger partial charge in [-0.15, -0.1) is 42.3 Å². The van der Waals surface area contributed by atoms with Crippen LogP contribution in [0, 0.1) is 0 Å². The number of alkyl halides is 3. The highest BCUT2D eigenvalue weighted by atomic mass is 35.5. The summed E-state index contributed by atoms with van der Waals surface area (Å²) in [5.41, 5.74) is 3.38. The fourth-order valence-corrected chi connectivity index (χ4v) is 6.92. The maximum absolute atomic E-state index is 13.6. The molecule has 260 valence electrons. The second kappa shape index (κ2) is 16.9. The summed E-state index contributed by atoms with van der Waals surface area (Å²) in [7, 11) is 1.55. The van der Waals surface area contributed by atoms with E-state index >= 15 is 0 Å². The number of piperazine rings is 2. The Morgan fingerprint density at radius 3 is 2.10 bits per heavy atom. The van der Waals surface area contributed by atoms with Gasteiger partial charge >= 0.3 is 6.18 Å². The fraction of sp³-hybridized carbons (Fsp3) is 0.394. The molecule has 4 aromatic rings. The largest absolute Gasteiger partial charge is 0.496 e.